The molecule has 0 radical (unpaired) electrons. The molecule has 0 amide bonds. The number of hydrogen-bond donors (Lipinski definition) is 2. The summed E-state index contributed by atoms with van der Waals surface area (Å²) >= 11 is 3.19. The Morgan fingerprint density at radius 1 is 1.48 bits per heavy atom. The number of aryl methyl sites for hydroxylation is 1. The van der Waals surface area contributed by atoms with Crippen molar-refractivity contribution in [1.82, 2.24) is 4.72 Å². The third-order valence-electron chi connectivity index (χ3n) is 2.77. The van der Waals surface area contributed by atoms with E-state index < -0.39 is 16.0 Å². The van der Waals surface area contributed by atoms with Gasteiger partial charge in [0.25, 0.3) is 0 Å². The Kier molecular flexibility index (Phi) is 6.33. The number of rotatable bonds is 7. The highest BCUT2D eigenvalue weighted by Crippen LogP contribution is 2.27. The van der Waals surface area contributed by atoms with Crippen molar-refractivity contribution < 1.29 is 23.1 Å². The SMILES string of the molecule is CCOC(C)CNS(=O)(=O)c1cc(C(=O)O)cc(C)c1Br. The van der Waals surface area contributed by atoms with Crippen LogP contribution in [0.4, 0.5) is 0 Å². The summed E-state index contributed by atoms with van der Waals surface area (Å²) in [6, 6.07) is 2.54. The number of carboxylic acids is 1. The maximum absolute atomic E-state index is 12.3. The lowest BCUT2D eigenvalue weighted by Gasteiger charge is -2.15. The molecule has 0 aliphatic rings. The van der Waals surface area contributed by atoms with Crippen LogP contribution in [0, 0.1) is 6.92 Å². The largest absolute Gasteiger partial charge is 0.478 e. The number of ether oxygens (including phenoxy) is 1. The van der Waals surface area contributed by atoms with E-state index in [0.29, 0.717) is 16.6 Å². The fraction of sp³-hybridized carbons (Fsp3) is 0.462. The highest BCUT2D eigenvalue weighted by Gasteiger charge is 2.22. The van der Waals surface area contributed by atoms with Gasteiger partial charge < -0.3 is 9.84 Å². The van der Waals surface area contributed by atoms with Crippen molar-refractivity contribution in [1.29, 1.82) is 0 Å². The highest BCUT2D eigenvalue weighted by molar-refractivity contribution is 9.10. The standard InChI is InChI=1S/C13H18BrNO5S/c1-4-20-9(3)7-15-21(18,19)11-6-10(13(16)17)5-8(2)12(11)14/h5-6,9,15H,4,7H2,1-3H3,(H,16,17). The Balaban J connectivity index is 3.10. The maximum atomic E-state index is 12.3. The first-order chi connectivity index (χ1) is 9.69. The fourth-order valence-electron chi connectivity index (χ4n) is 1.70. The van der Waals surface area contributed by atoms with E-state index >= 15 is 0 Å². The highest BCUT2D eigenvalue weighted by atomic mass is 79.9. The van der Waals surface area contributed by atoms with Crippen LogP contribution in [0.3, 0.4) is 0 Å². The number of carboxylic acid groups (broad SMARTS) is 1. The second-order valence-corrected chi connectivity index (χ2v) is 7.06. The van der Waals surface area contributed by atoms with E-state index in [9.17, 15) is 13.2 Å². The molecule has 0 saturated carbocycles. The lowest BCUT2D eigenvalue weighted by atomic mass is 10.1. The molecule has 6 nitrogen and oxygen atoms in total. The Bertz CT molecular complexity index is 630. The minimum atomic E-state index is -3.82. The second kappa shape index (κ2) is 7.35. The second-order valence-electron chi connectivity index (χ2n) is 4.53. The molecule has 1 unspecified atom stereocenters. The predicted molar refractivity (Wildman–Crippen MR) is 82.1 cm³/mol. The molecule has 1 atom stereocenters. The summed E-state index contributed by atoms with van der Waals surface area (Å²) in [6.45, 7) is 5.80. The van der Waals surface area contributed by atoms with Crippen LogP contribution in [0.1, 0.15) is 29.8 Å². The fourth-order valence-corrected chi connectivity index (χ4v) is 3.86. The van der Waals surface area contributed by atoms with Crippen LogP contribution < -0.4 is 4.72 Å². The number of nitrogens with one attached hydrogen (secondary N) is 1. The predicted octanol–water partition coefficient (Wildman–Crippen LogP) is 2.16. The van der Waals surface area contributed by atoms with Crippen LogP contribution in [0.5, 0.6) is 0 Å². The van der Waals surface area contributed by atoms with Crippen molar-refractivity contribution in [2.45, 2.75) is 31.8 Å². The molecule has 21 heavy (non-hydrogen) atoms. The quantitative estimate of drug-likeness (QED) is 0.756. The van der Waals surface area contributed by atoms with E-state index in [2.05, 4.69) is 20.7 Å². The van der Waals surface area contributed by atoms with Gasteiger partial charge in [0.15, 0.2) is 0 Å². The van der Waals surface area contributed by atoms with E-state index in [4.69, 9.17) is 9.84 Å². The summed E-state index contributed by atoms with van der Waals surface area (Å²) in [5, 5.41) is 9.03. The van der Waals surface area contributed by atoms with Gasteiger partial charge in [0.1, 0.15) is 0 Å². The molecular weight excluding hydrogens is 362 g/mol. The molecule has 0 aromatic heterocycles. The van der Waals surface area contributed by atoms with Gasteiger partial charge in [0.05, 0.1) is 16.6 Å². The van der Waals surface area contributed by atoms with Gasteiger partial charge in [-0.3, -0.25) is 0 Å². The minimum Gasteiger partial charge on any atom is -0.478 e. The molecule has 8 heteroatoms. The zero-order chi connectivity index (χ0) is 16.2. The molecule has 118 valence electrons. The van der Waals surface area contributed by atoms with Gasteiger partial charge in [-0.25, -0.2) is 17.9 Å². The van der Waals surface area contributed by atoms with Crippen LogP contribution in [-0.4, -0.2) is 38.7 Å². The smallest absolute Gasteiger partial charge is 0.335 e. The van der Waals surface area contributed by atoms with Crippen molar-refractivity contribution in [2.24, 2.45) is 0 Å². The molecular formula is C13H18BrNO5S. The zero-order valence-electron chi connectivity index (χ0n) is 12.0. The molecule has 2 N–H and O–H groups in total. The molecule has 1 aromatic rings. The van der Waals surface area contributed by atoms with Crippen LogP contribution in [0.25, 0.3) is 0 Å². The van der Waals surface area contributed by atoms with Crippen molar-refractivity contribution >= 4 is 31.9 Å². The first kappa shape index (κ1) is 18.1. The van der Waals surface area contributed by atoms with Gasteiger partial charge in [-0.2, -0.15) is 0 Å². The van der Waals surface area contributed by atoms with Crippen LogP contribution in [0.2, 0.25) is 0 Å². The number of benzene rings is 1. The van der Waals surface area contributed by atoms with Gasteiger partial charge >= 0.3 is 5.97 Å². The number of carbonyl (C=O) groups is 1. The molecule has 0 bridgehead atoms. The number of hydrogen-bond acceptors (Lipinski definition) is 4. The Morgan fingerprint density at radius 3 is 2.62 bits per heavy atom. The summed E-state index contributed by atoms with van der Waals surface area (Å²) < 4.78 is 32.6. The topological polar surface area (TPSA) is 92.7 Å². The molecule has 0 heterocycles. The van der Waals surface area contributed by atoms with Gasteiger partial charge in [0, 0.05) is 17.6 Å². The molecule has 0 aliphatic heterocycles. The van der Waals surface area contributed by atoms with Crippen LogP contribution >= 0.6 is 15.9 Å². The van der Waals surface area contributed by atoms with Gasteiger partial charge in [-0.1, -0.05) is 0 Å². The molecule has 0 aliphatic carbocycles. The van der Waals surface area contributed by atoms with Gasteiger partial charge in [-0.05, 0) is 54.4 Å². The molecule has 1 rings (SSSR count). The van der Waals surface area contributed by atoms with Crippen LogP contribution in [-0.2, 0) is 14.8 Å². The average molecular weight is 380 g/mol. The molecule has 0 spiro atoms. The third kappa shape index (κ3) is 4.77. The minimum absolute atomic E-state index is 0.0751. The molecule has 0 fully saturated rings. The van der Waals surface area contributed by atoms with Crippen molar-refractivity contribution in [2.75, 3.05) is 13.2 Å². The summed E-state index contributed by atoms with van der Waals surface area (Å²) in [6.07, 6.45) is -0.271. The molecule has 1 aromatic carbocycles. The van der Waals surface area contributed by atoms with Crippen LogP contribution in [0.15, 0.2) is 21.5 Å². The van der Waals surface area contributed by atoms with E-state index in [1.807, 2.05) is 6.92 Å². The van der Waals surface area contributed by atoms with Crippen molar-refractivity contribution in [3.8, 4) is 0 Å². The maximum Gasteiger partial charge on any atom is 0.335 e. The summed E-state index contributed by atoms with van der Waals surface area (Å²) in [5.74, 6) is -1.18. The monoisotopic (exact) mass is 379 g/mol. The molecule has 0 saturated heterocycles. The summed E-state index contributed by atoms with van der Waals surface area (Å²) in [5.41, 5.74) is 0.460. The number of halogens is 1. The normalized spacial score (nSPS) is 13.1. The average Bonchev–Trinajstić information content (AvgIpc) is 2.39. The Morgan fingerprint density at radius 2 is 2.10 bits per heavy atom. The van der Waals surface area contributed by atoms with E-state index in [1.54, 1.807) is 13.8 Å². The van der Waals surface area contributed by atoms with E-state index in [1.165, 1.54) is 6.07 Å². The number of sulfonamides is 1. The van der Waals surface area contributed by atoms with E-state index in [0.717, 1.165) is 6.07 Å². The van der Waals surface area contributed by atoms with Gasteiger partial charge in [0.2, 0.25) is 10.0 Å². The first-order valence-electron chi connectivity index (χ1n) is 6.33. The zero-order valence-corrected chi connectivity index (χ0v) is 14.4. The lowest BCUT2D eigenvalue weighted by Crippen LogP contribution is -2.32. The van der Waals surface area contributed by atoms with Crippen molar-refractivity contribution in [3.63, 3.8) is 0 Å². The Hall–Kier alpha value is -0.960. The lowest BCUT2D eigenvalue weighted by molar-refractivity contribution is 0.0696. The number of aromatic carboxylic acids is 1. The van der Waals surface area contributed by atoms with E-state index in [-0.39, 0.29) is 23.1 Å². The third-order valence-corrected chi connectivity index (χ3v) is 5.53. The first-order valence-corrected chi connectivity index (χ1v) is 8.61. The van der Waals surface area contributed by atoms with Gasteiger partial charge in [-0.15, -0.1) is 0 Å². The summed E-state index contributed by atoms with van der Waals surface area (Å²) in [7, 11) is -3.82. The summed E-state index contributed by atoms with van der Waals surface area (Å²) in [4.78, 5) is 11.0. The Labute approximate surface area is 132 Å². The van der Waals surface area contributed by atoms with Crippen molar-refractivity contribution in [3.05, 3.63) is 27.7 Å².